The number of rotatable bonds is 2. The number of ether oxygens (including phenoxy) is 2. The van der Waals surface area contributed by atoms with Crippen molar-refractivity contribution in [1.29, 1.82) is 0 Å². The van der Waals surface area contributed by atoms with Crippen LogP contribution in [0.1, 0.15) is 13.8 Å². The van der Waals surface area contributed by atoms with Gasteiger partial charge in [0.2, 0.25) is 0 Å². The molecular weight excluding hydrogens is 340 g/mol. The van der Waals surface area contributed by atoms with E-state index in [-0.39, 0.29) is 5.39 Å². The first-order chi connectivity index (χ1) is 12.4. The predicted octanol–water partition coefficient (Wildman–Crippen LogP) is 3.54. The molecule has 130 valence electrons. The van der Waals surface area contributed by atoms with Gasteiger partial charge in [-0.2, -0.15) is 0 Å². The third-order valence-electron chi connectivity index (χ3n) is 3.79. The monoisotopic (exact) mass is 352 g/mol. The van der Waals surface area contributed by atoms with E-state index in [0.29, 0.717) is 39.0 Å². The van der Waals surface area contributed by atoms with Crippen LogP contribution in [0.4, 0.5) is 0 Å². The highest BCUT2D eigenvalue weighted by atomic mass is 16.5. The molecule has 0 amide bonds. The van der Waals surface area contributed by atoms with Gasteiger partial charge in [0.25, 0.3) is 0 Å². The summed E-state index contributed by atoms with van der Waals surface area (Å²) in [5.41, 5.74) is 0.470. The highest BCUT2D eigenvalue weighted by Gasteiger charge is 2.18. The summed E-state index contributed by atoms with van der Waals surface area (Å²) in [6, 6.07) is 9.35. The summed E-state index contributed by atoms with van der Waals surface area (Å²) < 4.78 is 21.3. The van der Waals surface area contributed by atoms with Crippen LogP contribution < -0.4 is 15.1 Å². The molecule has 2 heterocycles. The number of carbonyl (C=O) groups excluding carboxylic acids is 2. The fourth-order valence-electron chi connectivity index (χ4n) is 2.85. The molecule has 0 N–H and O–H groups in total. The Labute approximate surface area is 145 Å². The topological polar surface area (TPSA) is 96.0 Å². The molecule has 0 unspecified atom stereocenters. The van der Waals surface area contributed by atoms with Gasteiger partial charge in [-0.1, -0.05) is 0 Å². The predicted molar refractivity (Wildman–Crippen MR) is 92.4 cm³/mol. The van der Waals surface area contributed by atoms with Crippen LogP contribution in [0.3, 0.4) is 0 Å². The first kappa shape index (κ1) is 15.9. The molecule has 2 aromatic carbocycles. The summed E-state index contributed by atoms with van der Waals surface area (Å²) in [5, 5.41) is 1.18. The van der Waals surface area contributed by atoms with Crippen molar-refractivity contribution >= 4 is 44.8 Å². The fourth-order valence-corrected chi connectivity index (χ4v) is 2.85. The maximum atomic E-state index is 12.4. The van der Waals surface area contributed by atoms with Gasteiger partial charge >= 0.3 is 17.6 Å². The van der Waals surface area contributed by atoms with Crippen LogP contribution in [0.25, 0.3) is 32.9 Å². The van der Waals surface area contributed by atoms with E-state index >= 15 is 0 Å². The third-order valence-corrected chi connectivity index (χ3v) is 3.79. The van der Waals surface area contributed by atoms with E-state index in [1.807, 2.05) is 0 Å². The zero-order valence-electron chi connectivity index (χ0n) is 13.8. The van der Waals surface area contributed by atoms with Crippen LogP contribution >= 0.6 is 0 Å². The average Bonchev–Trinajstić information content (AvgIpc) is 2.94. The van der Waals surface area contributed by atoms with E-state index < -0.39 is 17.6 Å². The fraction of sp³-hybridized carbons (Fsp3) is 0.105. The van der Waals surface area contributed by atoms with Gasteiger partial charge < -0.3 is 18.3 Å². The molecule has 0 bridgehead atoms. The molecule has 7 nitrogen and oxygen atoms in total. The number of esters is 2. The molecular formula is C19H12O7. The van der Waals surface area contributed by atoms with Gasteiger partial charge in [-0.25, -0.2) is 4.79 Å². The van der Waals surface area contributed by atoms with Gasteiger partial charge in [-0.3, -0.25) is 9.59 Å². The summed E-state index contributed by atoms with van der Waals surface area (Å²) in [4.78, 5) is 34.8. The summed E-state index contributed by atoms with van der Waals surface area (Å²) in [5.74, 6) is -0.337. The quantitative estimate of drug-likeness (QED) is 0.309. The number of fused-ring (bicyclic) bond motifs is 5. The zero-order chi connectivity index (χ0) is 18.4. The maximum absolute atomic E-state index is 12.4. The van der Waals surface area contributed by atoms with E-state index in [9.17, 15) is 14.4 Å². The molecule has 0 aliphatic rings. The summed E-state index contributed by atoms with van der Waals surface area (Å²) in [6.07, 6.45) is 0. The lowest BCUT2D eigenvalue weighted by Gasteiger charge is -2.02. The van der Waals surface area contributed by atoms with E-state index in [0.717, 1.165) is 0 Å². The van der Waals surface area contributed by atoms with Crippen molar-refractivity contribution in [3.8, 4) is 11.5 Å². The lowest BCUT2D eigenvalue weighted by molar-refractivity contribution is -0.132. The van der Waals surface area contributed by atoms with Gasteiger partial charge in [-0.15, -0.1) is 0 Å². The minimum absolute atomic E-state index is 0.224. The summed E-state index contributed by atoms with van der Waals surface area (Å²) >= 11 is 0. The average molecular weight is 352 g/mol. The Morgan fingerprint density at radius 2 is 1.35 bits per heavy atom. The van der Waals surface area contributed by atoms with Crippen molar-refractivity contribution in [3.05, 3.63) is 46.8 Å². The lowest BCUT2D eigenvalue weighted by atomic mass is 10.1. The SMILES string of the molecule is CC(=O)Oc1ccc2oc(=O)c3c4cc(OC(C)=O)ccc4oc3c2c1. The van der Waals surface area contributed by atoms with Crippen molar-refractivity contribution < 1.29 is 27.9 Å². The van der Waals surface area contributed by atoms with Gasteiger partial charge in [0, 0.05) is 19.2 Å². The van der Waals surface area contributed by atoms with Crippen LogP contribution in [-0.4, -0.2) is 11.9 Å². The molecule has 0 aliphatic heterocycles. The molecule has 2 aromatic heterocycles. The largest absolute Gasteiger partial charge is 0.455 e. The van der Waals surface area contributed by atoms with Crippen LogP contribution in [-0.2, 0) is 9.59 Å². The number of carbonyl (C=O) groups is 2. The second-order valence-corrected chi connectivity index (χ2v) is 5.70. The highest BCUT2D eigenvalue weighted by Crippen LogP contribution is 2.35. The Bertz CT molecular complexity index is 1260. The molecule has 0 spiro atoms. The highest BCUT2D eigenvalue weighted by molar-refractivity contribution is 6.13. The Morgan fingerprint density at radius 3 is 1.92 bits per heavy atom. The first-order valence-corrected chi connectivity index (χ1v) is 7.72. The molecule has 0 saturated heterocycles. The third kappa shape index (κ3) is 2.59. The molecule has 0 radical (unpaired) electrons. The van der Waals surface area contributed by atoms with Gasteiger partial charge in [0.05, 0.1) is 5.39 Å². The molecule has 7 heteroatoms. The molecule has 0 atom stereocenters. The Balaban J connectivity index is 2.04. The van der Waals surface area contributed by atoms with Crippen LogP contribution in [0.2, 0.25) is 0 Å². The molecule has 0 saturated carbocycles. The zero-order valence-corrected chi connectivity index (χ0v) is 13.8. The lowest BCUT2D eigenvalue weighted by Crippen LogP contribution is -2.02. The molecule has 4 rings (SSSR count). The summed E-state index contributed by atoms with van der Waals surface area (Å²) in [6.45, 7) is 2.58. The number of benzene rings is 2. The molecule has 4 aromatic rings. The van der Waals surface area contributed by atoms with E-state index in [2.05, 4.69) is 0 Å². The second-order valence-electron chi connectivity index (χ2n) is 5.70. The number of hydrogen-bond acceptors (Lipinski definition) is 7. The standard InChI is InChI=1S/C19H12O7/c1-9(20)23-11-3-5-15-13(7-11)17-18(25-15)14-8-12(24-10(2)21)4-6-16(14)26-19(17)22/h3-8H,1-2H3. The number of hydrogen-bond donors (Lipinski definition) is 0. The first-order valence-electron chi connectivity index (χ1n) is 7.72. The van der Waals surface area contributed by atoms with Crippen molar-refractivity contribution in [2.45, 2.75) is 13.8 Å². The van der Waals surface area contributed by atoms with Gasteiger partial charge in [-0.05, 0) is 36.4 Å². The van der Waals surface area contributed by atoms with E-state index in [4.69, 9.17) is 18.3 Å². The van der Waals surface area contributed by atoms with Crippen molar-refractivity contribution in [2.24, 2.45) is 0 Å². The van der Waals surface area contributed by atoms with Crippen molar-refractivity contribution in [2.75, 3.05) is 0 Å². The smallest absolute Gasteiger partial charge is 0.348 e. The maximum Gasteiger partial charge on any atom is 0.348 e. The minimum atomic E-state index is -0.577. The van der Waals surface area contributed by atoms with Crippen molar-refractivity contribution in [1.82, 2.24) is 0 Å². The van der Waals surface area contributed by atoms with E-state index in [1.165, 1.54) is 26.0 Å². The Morgan fingerprint density at radius 1 is 0.808 bits per heavy atom. The van der Waals surface area contributed by atoms with Crippen LogP contribution in [0.5, 0.6) is 11.5 Å². The van der Waals surface area contributed by atoms with Gasteiger partial charge in [0.15, 0.2) is 5.58 Å². The van der Waals surface area contributed by atoms with Gasteiger partial charge in [0.1, 0.15) is 28.1 Å². The minimum Gasteiger partial charge on any atom is -0.455 e. The van der Waals surface area contributed by atoms with Crippen molar-refractivity contribution in [3.63, 3.8) is 0 Å². The van der Waals surface area contributed by atoms with E-state index in [1.54, 1.807) is 24.3 Å². The number of furan rings is 1. The Hall–Kier alpha value is -3.61. The van der Waals surface area contributed by atoms with Crippen LogP contribution in [0.15, 0.2) is 50.0 Å². The molecule has 0 aliphatic carbocycles. The molecule has 26 heavy (non-hydrogen) atoms. The normalized spacial score (nSPS) is 11.2. The second kappa shape index (κ2) is 5.73. The Kier molecular flexibility index (Phi) is 3.50. The van der Waals surface area contributed by atoms with Crippen LogP contribution in [0, 0.1) is 0 Å². The summed E-state index contributed by atoms with van der Waals surface area (Å²) in [7, 11) is 0. The molecule has 0 fully saturated rings.